The molecule has 0 bridgehead atoms. The van der Waals surface area contributed by atoms with Crippen molar-refractivity contribution < 1.29 is 18.3 Å². The molecule has 0 radical (unpaired) electrons. The molecule has 2 heterocycles. The second kappa shape index (κ2) is 4.33. The Hall–Kier alpha value is -2.03. The largest absolute Gasteiger partial charge is 0.506 e. The molecule has 0 saturated heterocycles. The second-order valence-electron chi connectivity index (χ2n) is 3.44. The van der Waals surface area contributed by atoms with Crippen LogP contribution in [0.1, 0.15) is 18.9 Å². The van der Waals surface area contributed by atoms with Gasteiger partial charge in [-0.2, -0.15) is 4.68 Å². The lowest BCUT2D eigenvalue weighted by molar-refractivity contribution is -0.215. The standard InChI is InChI=1S/C9H8F3N5O/c1-5(18)8-15-7(6-2-3-13-4-14-6)16-17(8)9(10,11)12/h2-5,18H,1H3. The summed E-state index contributed by atoms with van der Waals surface area (Å²) in [6.07, 6.45) is -3.61. The van der Waals surface area contributed by atoms with Crippen LogP contribution in [0.25, 0.3) is 11.5 Å². The van der Waals surface area contributed by atoms with Crippen LogP contribution in [0.15, 0.2) is 18.6 Å². The molecule has 18 heavy (non-hydrogen) atoms. The number of aliphatic hydroxyl groups is 1. The summed E-state index contributed by atoms with van der Waals surface area (Å²) in [5.41, 5.74) is 0.148. The number of alkyl halides is 3. The lowest BCUT2D eigenvalue weighted by Crippen LogP contribution is -2.22. The summed E-state index contributed by atoms with van der Waals surface area (Å²) in [5, 5.41) is 12.6. The van der Waals surface area contributed by atoms with Gasteiger partial charge in [0, 0.05) is 6.20 Å². The van der Waals surface area contributed by atoms with Gasteiger partial charge in [0.15, 0.2) is 5.82 Å². The molecule has 96 valence electrons. The molecule has 9 heteroatoms. The molecule has 0 aromatic carbocycles. The summed E-state index contributed by atoms with van der Waals surface area (Å²) >= 11 is 0. The fraction of sp³-hybridized carbons (Fsp3) is 0.333. The van der Waals surface area contributed by atoms with Crippen LogP contribution < -0.4 is 0 Å². The van der Waals surface area contributed by atoms with Gasteiger partial charge in [-0.25, -0.2) is 15.0 Å². The van der Waals surface area contributed by atoms with Crippen molar-refractivity contribution >= 4 is 0 Å². The van der Waals surface area contributed by atoms with Crippen LogP contribution in [0.3, 0.4) is 0 Å². The Bertz CT molecular complexity index is 537. The summed E-state index contributed by atoms with van der Waals surface area (Å²) in [6, 6.07) is 1.38. The number of aromatic nitrogens is 5. The van der Waals surface area contributed by atoms with E-state index in [1.165, 1.54) is 25.5 Å². The Morgan fingerprint density at radius 2 is 2.11 bits per heavy atom. The van der Waals surface area contributed by atoms with Gasteiger partial charge in [-0.15, -0.1) is 18.3 Å². The first-order chi connectivity index (χ1) is 8.39. The number of rotatable bonds is 2. The fourth-order valence-electron chi connectivity index (χ4n) is 1.31. The second-order valence-corrected chi connectivity index (χ2v) is 3.44. The van der Waals surface area contributed by atoms with Gasteiger partial charge in [-0.1, -0.05) is 0 Å². The summed E-state index contributed by atoms with van der Waals surface area (Å²) in [5.74, 6) is -0.804. The molecule has 0 aliphatic heterocycles. The van der Waals surface area contributed by atoms with Gasteiger partial charge in [-0.3, -0.25) is 0 Å². The Balaban J connectivity index is 2.53. The number of halogens is 3. The first kappa shape index (κ1) is 12.4. The maximum atomic E-state index is 12.7. The van der Waals surface area contributed by atoms with E-state index in [-0.39, 0.29) is 16.2 Å². The van der Waals surface area contributed by atoms with E-state index in [1.807, 2.05) is 0 Å². The van der Waals surface area contributed by atoms with Gasteiger partial charge in [0.2, 0.25) is 5.82 Å². The first-order valence-electron chi connectivity index (χ1n) is 4.88. The van der Waals surface area contributed by atoms with Gasteiger partial charge < -0.3 is 5.11 Å². The molecule has 0 aliphatic carbocycles. The average molecular weight is 259 g/mol. The Labute approximate surface area is 99.1 Å². The van der Waals surface area contributed by atoms with E-state index >= 15 is 0 Å². The first-order valence-corrected chi connectivity index (χ1v) is 4.88. The van der Waals surface area contributed by atoms with Crippen molar-refractivity contribution in [1.29, 1.82) is 0 Å². The van der Waals surface area contributed by atoms with E-state index in [4.69, 9.17) is 0 Å². The van der Waals surface area contributed by atoms with Crippen LogP contribution in [-0.2, 0) is 6.30 Å². The quantitative estimate of drug-likeness (QED) is 0.878. The van der Waals surface area contributed by atoms with Gasteiger partial charge in [0.1, 0.15) is 18.1 Å². The molecular weight excluding hydrogens is 251 g/mol. The third-order valence-electron chi connectivity index (χ3n) is 2.06. The molecule has 6 nitrogen and oxygen atoms in total. The highest BCUT2D eigenvalue weighted by molar-refractivity contribution is 5.47. The van der Waals surface area contributed by atoms with E-state index in [1.54, 1.807) is 0 Å². The van der Waals surface area contributed by atoms with Crippen LogP contribution >= 0.6 is 0 Å². The zero-order chi connectivity index (χ0) is 13.3. The minimum absolute atomic E-state index is 0.148. The maximum Gasteiger partial charge on any atom is 0.506 e. The molecule has 0 spiro atoms. The summed E-state index contributed by atoms with van der Waals surface area (Å²) in [7, 11) is 0. The maximum absolute atomic E-state index is 12.7. The summed E-state index contributed by atoms with van der Waals surface area (Å²) in [6.45, 7) is 1.18. The van der Waals surface area contributed by atoms with E-state index in [0.717, 1.165) is 0 Å². The molecule has 1 unspecified atom stereocenters. The van der Waals surface area contributed by atoms with Gasteiger partial charge in [0.25, 0.3) is 0 Å². The SMILES string of the molecule is CC(O)c1nc(-c2ccncn2)nn1C(F)(F)F. The predicted molar refractivity (Wildman–Crippen MR) is 53.0 cm³/mol. The Morgan fingerprint density at radius 1 is 1.39 bits per heavy atom. The number of hydrogen-bond donors (Lipinski definition) is 1. The molecule has 2 rings (SSSR count). The van der Waals surface area contributed by atoms with Gasteiger partial charge >= 0.3 is 6.30 Å². The van der Waals surface area contributed by atoms with Gasteiger partial charge in [-0.05, 0) is 13.0 Å². The number of hydrogen-bond acceptors (Lipinski definition) is 5. The van der Waals surface area contributed by atoms with Crippen LogP contribution in [0, 0.1) is 0 Å². The van der Waals surface area contributed by atoms with Crippen molar-refractivity contribution in [2.75, 3.05) is 0 Å². The average Bonchev–Trinajstić information content (AvgIpc) is 2.74. The van der Waals surface area contributed by atoms with Crippen molar-refractivity contribution in [2.24, 2.45) is 0 Å². The monoisotopic (exact) mass is 259 g/mol. The molecule has 1 N–H and O–H groups in total. The molecule has 0 fully saturated rings. The van der Waals surface area contributed by atoms with Crippen molar-refractivity contribution in [3.05, 3.63) is 24.4 Å². The number of aliphatic hydroxyl groups excluding tert-OH is 1. The topological polar surface area (TPSA) is 76.7 Å². The predicted octanol–water partition coefficient (Wildman–Crippen LogP) is 1.26. The molecule has 1 atom stereocenters. The Kier molecular flexibility index (Phi) is 2.99. The minimum Gasteiger partial charge on any atom is -0.385 e. The zero-order valence-electron chi connectivity index (χ0n) is 9.13. The van der Waals surface area contributed by atoms with Crippen molar-refractivity contribution in [2.45, 2.75) is 19.3 Å². The van der Waals surface area contributed by atoms with Crippen molar-refractivity contribution in [1.82, 2.24) is 24.7 Å². The molecule has 2 aromatic rings. The van der Waals surface area contributed by atoms with Gasteiger partial charge in [0.05, 0.1) is 0 Å². The number of nitrogens with zero attached hydrogens (tertiary/aromatic N) is 5. The highest BCUT2D eigenvalue weighted by atomic mass is 19.4. The van der Waals surface area contributed by atoms with Crippen molar-refractivity contribution in [3.63, 3.8) is 0 Å². The highest BCUT2D eigenvalue weighted by Crippen LogP contribution is 2.27. The molecule has 0 aliphatic rings. The zero-order valence-corrected chi connectivity index (χ0v) is 9.13. The van der Waals surface area contributed by atoms with E-state index in [9.17, 15) is 18.3 Å². The fourth-order valence-corrected chi connectivity index (χ4v) is 1.31. The summed E-state index contributed by atoms with van der Waals surface area (Å²) < 4.78 is 37.7. The molecule has 0 amide bonds. The van der Waals surface area contributed by atoms with E-state index < -0.39 is 18.2 Å². The van der Waals surface area contributed by atoms with E-state index in [2.05, 4.69) is 20.1 Å². The van der Waals surface area contributed by atoms with E-state index in [0.29, 0.717) is 0 Å². The summed E-state index contributed by atoms with van der Waals surface area (Å²) in [4.78, 5) is 11.0. The van der Waals surface area contributed by atoms with Crippen LogP contribution in [0.2, 0.25) is 0 Å². The highest BCUT2D eigenvalue weighted by Gasteiger charge is 2.37. The third-order valence-corrected chi connectivity index (χ3v) is 2.06. The molecular formula is C9H8F3N5O. The van der Waals surface area contributed by atoms with Crippen LogP contribution in [0.4, 0.5) is 13.2 Å². The van der Waals surface area contributed by atoms with Crippen molar-refractivity contribution in [3.8, 4) is 11.5 Å². The minimum atomic E-state index is -4.75. The third kappa shape index (κ3) is 2.30. The Morgan fingerprint density at radius 3 is 2.56 bits per heavy atom. The molecule has 2 aromatic heterocycles. The normalized spacial score (nSPS) is 13.6. The van der Waals surface area contributed by atoms with Crippen LogP contribution in [-0.4, -0.2) is 29.8 Å². The molecule has 0 saturated carbocycles. The lowest BCUT2D eigenvalue weighted by atomic mass is 10.3. The lowest BCUT2D eigenvalue weighted by Gasteiger charge is -2.09. The smallest absolute Gasteiger partial charge is 0.385 e. The van der Waals surface area contributed by atoms with Crippen LogP contribution in [0.5, 0.6) is 0 Å².